The van der Waals surface area contributed by atoms with Crippen LogP contribution in [0.5, 0.6) is 0 Å². The molecule has 2 atom stereocenters. The number of rotatable bonds is 7. The fourth-order valence-corrected chi connectivity index (χ4v) is 3.37. The van der Waals surface area contributed by atoms with Gasteiger partial charge in [0.05, 0.1) is 18.4 Å². The van der Waals surface area contributed by atoms with Crippen molar-refractivity contribution in [1.29, 1.82) is 0 Å². The third kappa shape index (κ3) is 4.37. The Labute approximate surface area is 168 Å². The van der Waals surface area contributed by atoms with Crippen molar-refractivity contribution >= 4 is 23.6 Å². The van der Waals surface area contributed by atoms with Gasteiger partial charge in [0.1, 0.15) is 11.8 Å². The summed E-state index contributed by atoms with van der Waals surface area (Å²) in [5.74, 6) is -0.0619. The fraction of sp³-hybridized carbons (Fsp3) is 0.300. The highest BCUT2D eigenvalue weighted by atomic mass is 35.5. The summed E-state index contributed by atoms with van der Waals surface area (Å²) in [5, 5.41) is 9.37. The highest BCUT2D eigenvalue weighted by Crippen LogP contribution is 2.28. The molecule has 148 valence electrons. The van der Waals surface area contributed by atoms with Gasteiger partial charge in [-0.2, -0.15) is 0 Å². The van der Waals surface area contributed by atoms with Crippen molar-refractivity contribution in [3.8, 4) is 0 Å². The van der Waals surface area contributed by atoms with Crippen LogP contribution in [0.2, 0.25) is 5.02 Å². The number of hydrogen-bond donors (Lipinski definition) is 3. The molecule has 28 heavy (non-hydrogen) atoms. The monoisotopic (exact) mass is 403 g/mol. The zero-order valence-electron chi connectivity index (χ0n) is 15.6. The number of ether oxygens (including phenoxy) is 1. The minimum absolute atomic E-state index is 0.0986. The minimum Gasteiger partial charge on any atom is -0.467 e. The third-order valence-corrected chi connectivity index (χ3v) is 4.78. The van der Waals surface area contributed by atoms with Crippen molar-refractivity contribution in [2.75, 3.05) is 13.2 Å². The summed E-state index contributed by atoms with van der Waals surface area (Å²) in [6.07, 6.45) is 1.49. The molecule has 2 aromatic rings. The quantitative estimate of drug-likeness (QED) is 0.616. The number of halogens is 1. The third-order valence-electron chi connectivity index (χ3n) is 4.43. The minimum atomic E-state index is -0.727. The number of benzene rings is 1. The van der Waals surface area contributed by atoms with Crippen LogP contribution in [0.4, 0.5) is 4.79 Å². The zero-order chi connectivity index (χ0) is 20.1. The van der Waals surface area contributed by atoms with Gasteiger partial charge in [-0.1, -0.05) is 29.8 Å². The Morgan fingerprint density at radius 2 is 2.11 bits per heavy atom. The smallest absolute Gasteiger partial charge is 0.338 e. The molecule has 0 saturated carbocycles. The number of amides is 2. The van der Waals surface area contributed by atoms with Crippen LogP contribution >= 0.6 is 11.6 Å². The standard InChI is InChI=1S/C20H22ClN3O4/c1-3-27-19(25)17-15(11-22-12(2)13-7-4-5-8-14(13)21)23-20(26)24-18(17)16-9-6-10-28-16/h4-10,12,18,22H,3,11H2,1-2H3,(H2,23,24,26)/t12-,18-/m1/s1. The van der Waals surface area contributed by atoms with E-state index in [1.165, 1.54) is 6.26 Å². The average Bonchev–Trinajstić information content (AvgIpc) is 3.20. The van der Waals surface area contributed by atoms with Gasteiger partial charge in [0.15, 0.2) is 0 Å². The summed E-state index contributed by atoms with van der Waals surface area (Å²) in [5.41, 5.74) is 1.66. The van der Waals surface area contributed by atoms with Gasteiger partial charge in [0.25, 0.3) is 0 Å². The molecular weight excluding hydrogens is 382 g/mol. The lowest BCUT2D eigenvalue weighted by Crippen LogP contribution is -2.48. The van der Waals surface area contributed by atoms with Gasteiger partial charge in [-0.15, -0.1) is 0 Å². The van der Waals surface area contributed by atoms with Gasteiger partial charge < -0.3 is 25.1 Å². The number of nitrogens with one attached hydrogen (secondary N) is 3. The summed E-state index contributed by atoms with van der Waals surface area (Å²) in [4.78, 5) is 24.8. The van der Waals surface area contributed by atoms with Crippen molar-refractivity contribution < 1.29 is 18.7 Å². The maximum absolute atomic E-state index is 12.6. The van der Waals surface area contributed by atoms with Crippen LogP contribution in [-0.4, -0.2) is 25.2 Å². The topological polar surface area (TPSA) is 92.6 Å². The number of carbonyl (C=O) groups excluding carboxylic acids is 2. The van der Waals surface area contributed by atoms with E-state index in [4.69, 9.17) is 20.8 Å². The molecule has 0 unspecified atom stereocenters. The normalized spacial score (nSPS) is 17.7. The molecule has 1 aliphatic heterocycles. The van der Waals surface area contributed by atoms with E-state index in [2.05, 4.69) is 16.0 Å². The molecule has 2 amide bonds. The summed E-state index contributed by atoms with van der Waals surface area (Å²) in [7, 11) is 0. The number of furan rings is 1. The molecule has 2 heterocycles. The van der Waals surface area contributed by atoms with E-state index in [-0.39, 0.29) is 19.2 Å². The summed E-state index contributed by atoms with van der Waals surface area (Å²) in [6, 6.07) is 9.66. The maximum Gasteiger partial charge on any atom is 0.338 e. The SMILES string of the molecule is CCOC(=O)C1=C(CN[C@H](C)c2ccccc2Cl)NC(=O)N[C@@H]1c1ccco1. The molecule has 0 saturated heterocycles. The molecule has 8 heteroatoms. The Kier molecular flexibility index (Phi) is 6.38. The molecule has 1 aromatic heterocycles. The Morgan fingerprint density at radius 3 is 2.79 bits per heavy atom. The van der Waals surface area contributed by atoms with Crippen LogP contribution in [0, 0.1) is 0 Å². The highest BCUT2D eigenvalue weighted by molar-refractivity contribution is 6.31. The second-order valence-electron chi connectivity index (χ2n) is 6.28. The van der Waals surface area contributed by atoms with E-state index in [9.17, 15) is 9.59 Å². The van der Waals surface area contributed by atoms with Gasteiger partial charge in [-0.05, 0) is 37.6 Å². The Balaban J connectivity index is 1.89. The molecule has 0 fully saturated rings. The largest absolute Gasteiger partial charge is 0.467 e. The first-order chi connectivity index (χ1) is 13.5. The molecule has 3 N–H and O–H groups in total. The van der Waals surface area contributed by atoms with Crippen LogP contribution in [-0.2, 0) is 9.53 Å². The van der Waals surface area contributed by atoms with Crippen molar-refractivity contribution in [2.45, 2.75) is 25.9 Å². The fourth-order valence-electron chi connectivity index (χ4n) is 3.07. The van der Waals surface area contributed by atoms with Crippen LogP contribution in [0.15, 0.2) is 58.3 Å². The Bertz CT molecular complexity index is 879. The molecule has 3 rings (SSSR count). The van der Waals surface area contributed by atoms with Gasteiger partial charge >= 0.3 is 12.0 Å². The molecule has 0 bridgehead atoms. The molecular formula is C20H22ClN3O4. The molecule has 0 radical (unpaired) electrons. The van der Waals surface area contributed by atoms with Crippen LogP contribution in [0.1, 0.15) is 37.3 Å². The van der Waals surface area contributed by atoms with Crippen LogP contribution in [0.25, 0.3) is 0 Å². The van der Waals surface area contributed by atoms with Crippen molar-refractivity contribution in [1.82, 2.24) is 16.0 Å². The lowest BCUT2D eigenvalue weighted by molar-refractivity contribution is -0.139. The summed E-state index contributed by atoms with van der Waals surface area (Å²) < 4.78 is 10.6. The molecule has 1 aromatic carbocycles. The average molecular weight is 404 g/mol. The van der Waals surface area contributed by atoms with Gasteiger partial charge in [0.2, 0.25) is 0 Å². The van der Waals surface area contributed by atoms with Crippen molar-refractivity contribution in [3.63, 3.8) is 0 Å². The first-order valence-electron chi connectivity index (χ1n) is 9.00. The van der Waals surface area contributed by atoms with E-state index in [0.29, 0.717) is 22.1 Å². The highest BCUT2D eigenvalue weighted by Gasteiger charge is 2.35. The van der Waals surface area contributed by atoms with E-state index in [0.717, 1.165) is 5.56 Å². The zero-order valence-corrected chi connectivity index (χ0v) is 16.4. The van der Waals surface area contributed by atoms with Gasteiger partial charge in [0, 0.05) is 23.3 Å². The van der Waals surface area contributed by atoms with Gasteiger partial charge in [-0.3, -0.25) is 0 Å². The molecule has 7 nitrogen and oxygen atoms in total. The molecule has 1 aliphatic rings. The number of urea groups is 1. The number of carbonyl (C=O) groups is 2. The van der Waals surface area contributed by atoms with E-state index >= 15 is 0 Å². The summed E-state index contributed by atoms with van der Waals surface area (Å²) >= 11 is 6.26. The van der Waals surface area contributed by atoms with Gasteiger partial charge in [-0.25, -0.2) is 9.59 Å². The first-order valence-corrected chi connectivity index (χ1v) is 9.38. The first kappa shape index (κ1) is 20.0. The number of esters is 1. The summed E-state index contributed by atoms with van der Waals surface area (Å²) in [6.45, 7) is 4.15. The Hall–Kier alpha value is -2.77. The van der Waals surface area contributed by atoms with E-state index in [1.54, 1.807) is 19.1 Å². The molecule has 0 spiro atoms. The van der Waals surface area contributed by atoms with E-state index in [1.807, 2.05) is 31.2 Å². The maximum atomic E-state index is 12.6. The van der Waals surface area contributed by atoms with E-state index < -0.39 is 18.0 Å². The lowest BCUT2D eigenvalue weighted by Gasteiger charge is -2.28. The second kappa shape index (κ2) is 8.95. The van der Waals surface area contributed by atoms with Crippen molar-refractivity contribution in [3.05, 3.63) is 70.3 Å². The number of hydrogen-bond acceptors (Lipinski definition) is 5. The molecule has 0 aliphatic carbocycles. The predicted octanol–water partition coefficient (Wildman–Crippen LogP) is 3.45. The van der Waals surface area contributed by atoms with Crippen LogP contribution < -0.4 is 16.0 Å². The predicted molar refractivity (Wildman–Crippen MR) is 105 cm³/mol. The van der Waals surface area contributed by atoms with Crippen LogP contribution in [0.3, 0.4) is 0 Å². The van der Waals surface area contributed by atoms with Crippen molar-refractivity contribution in [2.24, 2.45) is 0 Å². The Morgan fingerprint density at radius 1 is 1.32 bits per heavy atom. The second-order valence-corrected chi connectivity index (χ2v) is 6.69. The lowest BCUT2D eigenvalue weighted by atomic mass is 9.99.